The lowest BCUT2D eigenvalue weighted by atomic mass is 10.2. The molecule has 0 unspecified atom stereocenters. The third-order valence-corrected chi connectivity index (χ3v) is 4.64. The molecule has 22 heavy (non-hydrogen) atoms. The number of rotatable bonds is 8. The molecule has 1 heterocycles. The van der Waals surface area contributed by atoms with Crippen LogP contribution in [0.25, 0.3) is 0 Å². The summed E-state index contributed by atoms with van der Waals surface area (Å²) in [7, 11) is -3.81. The molecule has 1 aromatic carbocycles. The predicted molar refractivity (Wildman–Crippen MR) is 84.0 cm³/mol. The lowest BCUT2D eigenvalue weighted by Gasteiger charge is -2.12. The van der Waals surface area contributed by atoms with Gasteiger partial charge < -0.3 is 9.67 Å². The Morgan fingerprint density at radius 1 is 1.18 bits per heavy atom. The lowest BCUT2D eigenvalue weighted by Crippen LogP contribution is -2.19. The first-order valence-corrected chi connectivity index (χ1v) is 8.63. The summed E-state index contributed by atoms with van der Waals surface area (Å²) in [6, 6.07) is 10.3. The first-order chi connectivity index (χ1) is 10.5. The van der Waals surface area contributed by atoms with Crippen LogP contribution >= 0.6 is 0 Å². The van der Waals surface area contributed by atoms with Gasteiger partial charge in [-0.2, -0.15) is 8.42 Å². The van der Waals surface area contributed by atoms with Crippen LogP contribution in [0.4, 0.5) is 0 Å². The van der Waals surface area contributed by atoms with Crippen LogP contribution in [0.2, 0.25) is 0 Å². The van der Waals surface area contributed by atoms with E-state index in [0.717, 1.165) is 18.5 Å². The van der Waals surface area contributed by atoms with Crippen LogP contribution in [0, 0.1) is 6.92 Å². The summed E-state index contributed by atoms with van der Waals surface area (Å²) in [5, 5.41) is 9.83. The maximum atomic E-state index is 12.0. The molecule has 120 valence electrons. The molecular weight excluding hydrogens is 302 g/mol. The zero-order valence-electron chi connectivity index (χ0n) is 12.6. The van der Waals surface area contributed by atoms with Crippen molar-refractivity contribution in [1.82, 2.24) is 4.57 Å². The quantitative estimate of drug-likeness (QED) is 0.757. The number of aliphatic hydroxyl groups excluding tert-OH is 1. The molecule has 0 radical (unpaired) electrons. The fourth-order valence-electron chi connectivity index (χ4n) is 2.05. The van der Waals surface area contributed by atoms with Gasteiger partial charge >= 0.3 is 0 Å². The van der Waals surface area contributed by atoms with Gasteiger partial charge in [-0.15, -0.1) is 0 Å². The van der Waals surface area contributed by atoms with E-state index in [-0.39, 0.29) is 11.5 Å². The Morgan fingerprint density at radius 3 is 2.45 bits per heavy atom. The molecule has 0 aliphatic rings. The van der Waals surface area contributed by atoms with Crippen molar-refractivity contribution in [3.8, 4) is 0 Å². The number of hydrogen-bond donors (Lipinski definition) is 1. The van der Waals surface area contributed by atoms with Gasteiger partial charge in [-0.1, -0.05) is 17.7 Å². The molecule has 1 aromatic heterocycles. The van der Waals surface area contributed by atoms with Gasteiger partial charge in [-0.25, -0.2) is 0 Å². The second-order valence-electron chi connectivity index (χ2n) is 5.27. The Morgan fingerprint density at radius 2 is 1.82 bits per heavy atom. The highest BCUT2D eigenvalue weighted by molar-refractivity contribution is 7.86. The highest BCUT2D eigenvalue weighted by atomic mass is 32.2. The summed E-state index contributed by atoms with van der Waals surface area (Å²) in [6.45, 7) is 2.45. The Kier molecular flexibility index (Phi) is 5.76. The monoisotopic (exact) mass is 323 g/mol. The van der Waals surface area contributed by atoms with Crippen LogP contribution < -0.4 is 0 Å². The second-order valence-corrected chi connectivity index (χ2v) is 6.88. The Bertz CT molecular complexity index is 663. The maximum Gasteiger partial charge on any atom is 0.297 e. The van der Waals surface area contributed by atoms with Crippen molar-refractivity contribution in [2.75, 3.05) is 6.61 Å². The predicted octanol–water partition coefficient (Wildman–Crippen LogP) is 2.34. The van der Waals surface area contributed by atoms with Gasteiger partial charge in [0, 0.05) is 18.9 Å². The van der Waals surface area contributed by atoms with Gasteiger partial charge in [0.15, 0.2) is 0 Å². The maximum absolute atomic E-state index is 12.0. The molecule has 1 N–H and O–H groups in total. The molecule has 0 bridgehead atoms. The average Bonchev–Trinajstić information content (AvgIpc) is 2.99. The summed E-state index contributed by atoms with van der Waals surface area (Å²) in [5.41, 5.74) is 0.976. The van der Waals surface area contributed by atoms with E-state index in [2.05, 4.69) is 0 Å². The molecule has 6 heteroatoms. The Labute approximate surface area is 131 Å². The zero-order chi connectivity index (χ0) is 16.0. The standard InChI is InChI=1S/C16H21NO4S/c1-14-6-8-16(9-7-14)22(19,20)21-13-15(18)5-4-12-17-10-2-3-11-17/h2-3,6-11,15,18H,4-5,12-13H2,1H3/t15-/m0/s1. The summed E-state index contributed by atoms with van der Waals surface area (Å²) in [5.74, 6) is 0. The van der Waals surface area contributed by atoms with Gasteiger partial charge in [0.2, 0.25) is 0 Å². The fourth-order valence-corrected chi connectivity index (χ4v) is 2.99. The van der Waals surface area contributed by atoms with Crippen LogP contribution in [0.5, 0.6) is 0 Å². The molecule has 5 nitrogen and oxygen atoms in total. The molecule has 0 aliphatic heterocycles. The SMILES string of the molecule is Cc1ccc(S(=O)(=O)OC[C@@H](O)CCCn2cccc2)cc1. The van der Waals surface area contributed by atoms with Gasteiger partial charge in [0.1, 0.15) is 0 Å². The van der Waals surface area contributed by atoms with Gasteiger partial charge in [-0.3, -0.25) is 4.18 Å². The minimum absolute atomic E-state index is 0.109. The van der Waals surface area contributed by atoms with E-state index in [0.29, 0.717) is 6.42 Å². The average molecular weight is 323 g/mol. The minimum atomic E-state index is -3.81. The van der Waals surface area contributed by atoms with E-state index in [1.807, 2.05) is 36.0 Å². The number of aromatic nitrogens is 1. The second kappa shape index (κ2) is 7.58. The molecule has 2 aromatic rings. The molecule has 0 spiro atoms. The van der Waals surface area contributed by atoms with Crippen molar-refractivity contribution >= 4 is 10.1 Å². The van der Waals surface area contributed by atoms with E-state index >= 15 is 0 Å². The molecule has 0 amide bonds. The largest absolute Gasteiger partial charge is 0.391 e. The van der Waals surface area contributed by atoms with E-state index in [1.54, 1.807) is 12.1 Å². The summed E-state index contributed by atoms with van der Waals surface area (Å²) in [6.07, 6.45) is 4.34. The third-order valence-electron chi connectivity index (χ3n) is 3.35. The highest BCUT2D eigenvalue weighted by Gasteiger charge is 2.17. The van der Waals surface area contributed by atoms with Crippen molar-refractivity contribution in [1.29, 1.82) is 0 Å². The van der Waals surface area contributed by atoms with E-state index in [4.69, 9.17) is 4.18 Å². The highest BCUT2D eigenvalue weighted by Crippen LogP contribution is 2.14. The van der Waals surface area contributed by atoms with Crippen molar-refractivity contribution in [3.63, 3.8) is 0 Å². The number of nitrogens with zero attached hydrogens (tertiary/aromatic N) is 1. The first-order valence-electron chi connectivity index (χ1n) is 7.22. The summed E-state index contributed by atoms with van der Waals surface area (Å²) in [4.78, 5) is 0.109. The van der Waals surface area contributed by atoms with Crippen LogP contribution in [0.3, 0.4) is 0 Å². The molecular formula is C16H21NO4S. The molecule has 1 atom stereocenters. The van der Waals surface area contributed by atoms with E-state index in [1.165, 1.54) is 12.1 Å². The van der Waals surface area contributed by atoms with Gasteiger partial charge in [0.05, 0.1) is 17.6 Å². The van der Waals surface area contributed by atoms with Crippen LogP contribution in [0.15, 0.2) is 53.7 Å². The van der Waals surface area contributed by atoms with Crippen LogP contribution in [-0.2, 0) is 20.8 Å². The molecule has 2 rings (SSSR count). The lowest BCUT2D eigenvalue weighted by molar-refractivity contribution is 0.0999. The van der Waals surface area contributed by atoms with Gasteiger partial charge in [0.25, 0.3) is 10.1 Å². The Hall–Kier alpha value is -1.63. The third kappa shape index (κ3) is 4.98. The summed E-state index contributed by atoms with van der Waals surface area (Å²) < 4.78 is 30.9. The van der Waals surface area contributed by atoms with Crippen LogP contribution in [0.1, 0.15) is 18.4 Å². The van der Waals surface area contributed by atoms with Crippen molar-refractivity contribution in [2.24, 2.45) is 0 Å². The van der Waals surface area contributed by atoms with E-state index < -0.39 is 16.2 Å². The van der Waals surface area contributed by atoms with Gasteiger partial charge in [-0.05, 0) is 44.0 Å². The van der Waals surface area contributed by atoms with Crippen LogP contribution in [-0.4, -0.2) is 30.8 Å². The normalized spacial score (nSPS) is 13.2. The molecule has 0 saturated carbocycles. The molecule has 0 aliphatic carbocycles. The van der Waals surface area contributed by atoms with E-state index in [9.17, 15) is 13.5 Å². The molecule has 0 fully saturated rings. The first kappa shape index (κ1) is 16.7. The molecule has 0 saturated heterocycles. The van der Waals surface area contributed by atoms with Crippen molar-refractivity contribution < 1.29 is 17.7 Å². The summed E-state index contributed by atoms with van der Waals surface area (Å²) >= 11 is 0. The van der Waals surface area contributed by atoms with Crippen molar-refractivity contribution in [3.05, 3.63) is 54.4 Å². The Balaban J connectivity index is 1.77. The van der Waals surface area contributed by atoms with Crippen molar-refractivity contribution in [2.45, 2.75) is 37.3 Å². The number of hydrogen-bond acceptors (Lipinski definition) is 4. The number of aliphatic hydroxyl groups is 1. The topological polar surface area (TPSA) is 68.5 Å². The number of benzene rings is 1. The smallest absolute Gasteiger partial charge is 0.297 e. The zero-order valence-corrected chi connectivity index (χ0v) is 13.4. The fraction of sp³-hybridized carbons (Fsp3) is 0.375. The minimum Gasteiger partial charge on any atom is -0.391 e. The number of aryl methyl sites for hydroxylation is 2.